The maximum absolute atomic E-state index is 12.2. The van der Waals surface area contributed by atoms with Crippen LogP contribution in [0.25, 0.3) is 0 Å². The molecule has 5 heteroatoms. The van der Waals surface area contributed by atoms with E-state index in [-0.39, 0.29) is 0 Å². The zero-order valence-electron chi connectivity index (χ0n) is 18.0. The Morgan fingerprint density at radius 1 is 0.630 bits per heavy atom. The van der Waals surface area contributed by atoms with Gasteiger partial charge in [0, 0.05) is 26.2 Å². The van der Waals surface area contributed by atoms with Crippen LogP contribution in [0.3, 0.4) is 0 Å². The van der Waals surface area contributed by atoms with Crippen LogP contribution < -0.4 is 5.32 Å². The van der Waals surface area contributed by atoms with Gasteiger partial charge in [-0.2, -0.15) is 4.31 Å². The Hall–Kier alpha value is -0.130. The number of sulfonamides is 1. The highest BCUT2D eigenvalue weighted by molar-refractivity contribution is 7.89. The second-order valence-electron chi connectivity index (χ2n) is 8.27. The summed E-state index contributed by atoms with van der Waals surface area (Å²) in [6, 6.07) is 0. The lowest BCUT2D eigenvalue weighted by Crippen LogP contribution is -2.47. The van der Waals surface area contributed by atoms with Crippen LogP contribution >= 0.6 is 0 Å². The van der Waals surface area contributed by atoms with E-state index in [0.29, 0.717) is 18.8 Å². The maximum atomic E-state index is 12.2. The highest BCUT2D eigenvalue weighted by Gasteiger charge is 2.22. The van der Waals surface area contributed by atoms with Crippen molar-refractivity contribution in [2.24, 2.45) is 0 Å². The Balaban J connectivity index is 1.80. The summed E-state index contributed by atoms with van der Waals surface area (Å²) in [7, 11) is -3.01. The first-order valence-electron chi connectivity index (χ1n) is 11.9. The van der Waals surface area contributed by atoms with Gasteiger partial charge in [0.1, 0.15) is 0 Å². The van der Waals surface area contributed by atoms with Gasteiger partial charge in [-0.1, -0.05) is 103 Å². The van der Waals surface area contributed by atoms with Crippen molar-refractivity contribution < 1.29 is 8.42 Å². The summed E-state index contributed by atoms with van der Waals surface area (Å²) in [5, 5.41) is 3.20. The number of hydrogen-bond donors (Lipinski definition) is 1. The molecule has 4 nitrogen and oxygen atoms in total. The highest BCUT2D eigenvalue weighted by atomic mass is 32.2. The molecule has 0 aromatic carbocycles. The molecule has 1 N–H and O–H groups in total. The van der Waals surface area contributed by atoms with E-state index in [0.717, 1.165) is 25.9 Å². The number of hydrogen-bond acceptors (Lipinski definition) is 3. The van der Waals surface area contributed by atoms with Crippen molar-refractivity contribution in [3.63, 3.8) is 0 Å². The molecule has 1 fully saturated rings. The summed E-state index contributed by atoms with van der Waals surface area (Å²) >= 11 is 0. The average molecular weight is 403 g/mol. The van der Waals surface area contributed by atoms with Crippen LogP contribution in [0, 0.1) is 0 Å². The van der Waals surface area contributed by atoms with Gasteiger partial charge < -0.3 is 5.32 Å². The molecular formula is C22H46N2O2S. The van der Waals surface area contributed by atoms with E-state index in [4.69, 9.17) is 0 Å². The first-order chi connectivity index (χ1) is 13.2. The third-order valence-corrected chi connectivity index (χ3v) is 7.68. The first-order valence-corrected chi connectivity index (χ1v) is 13.5. The Kier molecular flexibility index (Phi) is 15.5. The lowest BCUT2D eigenvalue weighted by Gasteiger charge is -2.26. The van der Waals surface area contributed by atoms with Crippen molar-refractivity contribution in [2.75, 3.05) is 31.9 Å². The standard InChI is InChI=1S/C22H46N2O2S/c1-2-3-4-5-6-7-8-9-10-11-12-13-14-15-16-17-22-27(25,26)24-20-18-23-19-21-24/h23H,2-22H2,1H3. The highest BCUT2D eigenvalue weighted by Crippen LogP contribution is 2.14. The van der Waals surface area contributed by atoms with E-state index >= 15 is 0 Å². The van der Waals surface area contributed by atoms with Crippen LogP contribution in [0.15, 0.2) is 0 Å². The third-order valence-electron chi connectivity index (χ3n) is 5.73. The summed E-state index contributed by atoms with van der Waals surface area (Å²) in [6.07, 6.45) is 21.1. The van der Waals surface area contributed by atoms with Gasteiger partial charge in [-0.05, 0) is 6.42 Å². The van der Waals surface area contributed by atoms with Gasteiger partial charge in [0.2, 0.25) is 10.0 Å². The Labute approximate surface area is 169 Å². The van der Waals surface area contributed by atoms with Crippen LogP contribution in [-0.2, 0) is 10.0 Å². The molecule has 0 aromatic rings. The molecule has 1 heterocycles. The summed E-state index contributed by atoms with van der Waals surface area (Å²) < 4.78 is 26.1. The third kappa shape index (κ3) is 13.6. The van der Waals surface area contributed by atoms with Crippen molar-refractivity contribution in [3.8, 4) is 0 Å². The molecule has 0 spiro atoms. The second-order valence-corrected chi connectivity index (χ2v) is 10.4. The molecule has 1 aliphatic heterocycles. The molecule has 0 aliphatic carbocycles. The van der Waals surface area contributed by atoms with Gasteiger partial charge in [0.05, 0.1) is 5.75 Å². The molecule has 0 saturated carbocycles. The molecule has 1 saturated heterocycles. The monoisotopic (exact) mass is 402 g/mol. The van der Waals surface area contributed by atoms with Gasteiger partial charge in [-0.25, -0.2) is 8.42 Å². The fraction of sp³-hybridized carbons (Fsp3) is 1.00. The molecule has 0 unspecified atom stereocenters. The molecule has 1 aliphatic rings. The predicted molar refractivity (Wildman–Crippen MR) is 118 cm³/mol. The van der Waals surface area contributed by atoms with Gasteiger partial charge >= 0.3 is 0 Å². The zero-order chi connectivity index (χ0) is 19.6. The normalized spacial score (nSPS) is 16.0. The fourth-order valence-corrected chi connectivity index (χ4v) is 5.45. The minimum atomic E-state index is -3.01. The van der Waals surface area contributed by atoms with Crippen molar-refractivity contribution in [3.05, 3.63) is 0 Å². The van der Waals surface area contributed by atoms with Crippen LogP contribution in [0.5, 0.6) is 0 Å². The van der Waals surface area contributed by atoms with Crippen LogP contribution in [0.4, 0.5) is 0 Å². The lowest BCUT2D eigenvalue weighted by atomic mass is 10.0. The summed E-state index contributed by atoms with van der Waals surface area (Å²) in [5.74, 6) is 0.339. The topological polar surface area (TPSA) is 49.4 Å². The average Bonchev–Trinajstić information content (AvgIpc) is 2.68. The van der Waals surface area contributed by atoms with Gasteiger partial charge in [0.25, 0.3) is 0 Å². The Bertz CT molecular complexity index is 420. The quantitative estimate of drug-likeness (QED) is 0.309. The van der Waals surface area contributed by atoms with Crippen LogP contribution in [-0.4, -0.2) is 44.7 Å². The van der Waals surface area contributed by atoms with Crippen molar-refractivity contribution in [1.82, 2.24) is 9.62 Å². The minimum Gasteiger partial charge on any atom is -0.314 e. The maximum Gasteiger partial charge on any atom is 0.214 e. The largest absolute Gasteiger partial charge is 0.314 e. The number of piperazine rings is 1. The molecule has 1 rings (SSSR count). The predicted octanol–water partition coefficient (Wildman–Crippen LogP) is 5.48. The van der Waals surface area contributed by atoms with Crippen LogP contribution in [0.1, 0.15) is 110 Å². The zero-order valence-corrected chi connectivity index (χ0v) is 18.8. The number of rotatable bonds is 18. The van der Waals surface area contributed by atoms with Crippen molar-refractivity contribution >= 4 is 10.0 Å². The van der Waals surface area contributed by atoms with E-state index in [1.165, 1.54) is 89.9 Å². The molecular weight excluding hydrogens is 356 g/mol. The Morgan fingerprint density at radius 3 is 1.41 bits per heavy atom. The SMILES string of the molecule is CCCCCCCCCCCCCCCCCCS(=O)(=O)N1CCNCC1. The summed E-state index contributed by atoms with van der Waals surface area (Å²) in [6.45, 7) is 5.14. The summed E-state index contributed by atoms with van der Waals surface area (Å²) in [5.41, 5.74) is 0. The van der Waals surface area contributed by atoms with Gasteiger partial charge in [0.15, 0.2) is 0 Å². The van der Waals surface area contributed by atoms with Gasteiger partial charge in [-0.3, -0.25) is 0 Å². The number of nitrogens with one attached hydrogen (secondary N) is 1. The smallest absolute Gasteiger partial charge is 0.214 e. The molecule has 27 heavy (non-hydrogen) atoms. The molecule has 0 aromatic heterocycles. The molecule has 0 bridgehead atoms. The van der Waals surface area contributed by atoms with E-state index in [1.807, 2.05) is 0 Å². The van der Waals surface area contributed by atoms with E-state index in [9.17, 15) is 8.42 Å². The fourth-order valence-electron chi connectivity index (χ4n) is 3.88. The van der Waals surface area contributed by atoms with E-state index in [1.54, 1.807) is 4.31 Å². The van der Waals surface area contributed by atoms with Crippen LogP contribution in [0.2, 0.25) is 0 Å². The number of unbranched alkanes of at least 4 members (excludes halogenated alkanes) is 15. The lowest BCUT2D eigenvalue weighted by molar-refractivity contribution is 0.359. The Morgan fingerprint density at radius 2 is 1.00 bits per heavy atom. The molecule has 162 valence electrons. The second kappa shape index (κ2) is 16.8. The van der Waals surface area contributed by atoms with E-state index < -0.39 is 10.0 Å². The van der Waals surface area contributed by atoms with Crippen molar-refractivity contribution in [2.45, 2.75) is 110 Å². The van der Waals surface area contributed by atoms with Crippen molar-refractivity contribution in [1.29, 1.82) is 0 Å². The minimum absolute atomic E-state index is 0.339. The number of nitrogens with zero attached hydrogens (tertiary/aromatic N) is 1. The molecule has 0 radical (unpaired) electrons. The summed E-state index contributed by atoms with van der Waals surface area (Å²) in [4.78, 5) is 0. The molecule has 0 amide bonds. The molecule has 0 atom stereocenters. The van der Waals surface area contributed by atoms with E-state index in [2.05, 4.69) is 12.2 Å². The van der Waals surface area contributed by atoms with Gasteiger partial charge in [-0.15, -0.1) is 0 Å². The first kappa shape index (κ1) is 24.9.